The Labute approximate surface area is 221 Å². The normalized spacial score (nSPS) is 11.8. The van der Waals surface area contributed by atoms with Crippen LogP contribution in [-0.2, 0) is 4.79 Å². The van der Waals surface area contributed by atoms with Crippen molar-refractivity contribution in [2.24, 2.45) is 0 Å². The number of nitrogens with one attached hydrogen (secondary N) is 1. The molecule has 4 aromatic rings. The summed E-state index contributed by atoms with van der Waals surface area (Å²) in [6.07, 6.45) is 3.41. The fraction of sp³-hybridized carbons (Fsp3) is 0.290. The molecule has 7 heteroatoms. The van der Waals surface area contributed by atoms with E-state index in [0.717, 1.165) is 30.3 Å². The van der Waals surface area contributed by atoms with E-state index in [1.807, 2.05) is 42.5 Å². The number of hydrogen-bond donors (Lipinski definition) is 2. The number of ketones is 1. The van der Waals surface area contributed by atoms with Gasteiger partial charge in [-0.25, -0.2) is 4.39 Å². The Balaban J connectivity index is 1.36. The molecule has 0 aliphatic rings. The highest BCUT2D eigenvalue weighted by Crippen LogP contribution is 2.31. The molecule has 1 atom stereocenters. The SMILES string of the molecule is CCCC[C@@H](COc1ccc(-c2cc3ccccc3o2)c(F)c1)Nc1ccc(C(=O)CCCC(=O)O)cc1. The van der Waals surface area contributed by atoms with Crippen molar-refractivity contribution in [1.29, 1.82) is 0 Å². The molecule has 6 nitrogen and oxygen atoms in total. The van der Waals surface area contributed by atoms with Crippen LogP contribution in [-0.4, -0.2) is 29.5 Å². The number of para-hydroxylation sites is 1. The van der Waals surface area contributed by atoms with Crippen molar-refractivity contribution in [2.45, 2.75) is 51.5 Å². The average molecular weight is 518 g/mol. The van der Waals surface area contributed by atoms with Gasteiger partial charge in [-0.2, -0.15) is 0 Å². The molecule has 0 saturated carbocycles. The lowest BCUT2D eigenvalue weighted by atomic mass is 10.0. The highest BCUT2D eigenvalue weighted by atomic mass is 19.1. The maximum atomic E-state index is 14.9. The maximum Gasteiger partial charge on any atom is 0.303 e. The van der Waals surface area contributed by atoms with Gasteiger partial charge < -0.3 is 19.6 Å². The number of furan rings is 1. The van der Waals surface area contributed by atoms with E-state index in [1.54, 1.807) is 24.3 Å². The number of carbonyl (C=O) groups is 2. The number of carbonyl (C=O) groups excluding carboxylic acids is 1. The molecule has 0 fully saturated rings. The predicted molar refractivity (Wildman–Crippen MR) is 146 cm³/mol. The fourth-order valence-corrected chi connectivity index (χ4v) is 4.28. The number of aliphatic carboxylic acids is 1. The first-order valence-corrected chi connectivity index (χ1v) is 13.0. The first-order chi connectivity index (χ1) is 18.4. The molecule has 1 heterocycles. The Morgan fingerprint density at radius 1 is 1.00 bits per heavy atom. The van der Waals surface area contributed by atoms with Crippen molar-refractivity contribution in [2.75, 3.05) is 11.9 Å². The zero-order valence-corrected chi connectivity index (χ0v) is 21.4. The summed E-state index contributed by atoms with van der Waals surface area (Å²) in [5.41, 5.74) is 2.50. The van der Waals surface area contributed by atoms with Gasteiger partial charge in [0.05, 0.1) is 11.6 Å². The lowest BCUT2D eigenvalue weighted by Crippen LogP contribution is -2.27. The number of ether oxygens (including phenoxy) is 1. The van der Waals surface area contributed by atoms with Crippen molar-refractivity contribution in [3.8, 4) is 17.1 Å². The van der Waals surface area contributed by atoms with Crippen LogP contribution in [0.2, 0.25) is 0 Å². The molecular weight excluding hydrogens is 485 g/mol. The van der Waals surface area contributed by atoms with Gasteiger partial charge >= 0.3 is 5.97 Å². The maximum absolute atomic E-state index is 14.9. The number of rotatable bonds is 14. The zero-order chi connectivity index (χ0) is 26.9. The summed E-state index contributed by atoms with van der Waals surface area (Å²) in [5.74, 6) is -0.475. The summed E-state index contributed by atoms with van der Waals surface area (Å²) >= 11 is 0. The van der Waals surface area contributed by atoms with Crippen LogP contribution < -0.4 is 10.1 Å². The third kappa shape index (κ3) is 7.22. The Morgan fingerprint density at radius 3 is 2.50 bits per heavy atom. The molecule has 0 saturated heterocycles. The van der Waals surface area contributed by atoms with Gasteiger partial charge in [0.1, 0.15) is 29.5 Å². The molecule has 0 unspecified atom stereocenters. The lowest BCUT2D eigenvalue weighted by molar-refractivity contribution is -0.137. The Bertz CT molecular complexity index is 1350. The molecule has 0 aliphatic heterocycles. The molecule has 0 amide bonds. The van der Waals surface area contributed by atoms with Crippen molar-refractivity contribution in [1.82, 2.24) is 0 Å². The summed E-state index contributed by atoms with van der Waals surface area (Å²) in [6, 6.07) is 21.3. The van der Waals surface area contributed by atoms with Crippen LogP contribution >= 0.6 is 0 Å². The van der Waals surface area contributed by atoms with Crippen LogP contribution in [0.1, 0.15) is 55.8 Å². The van der Waals surface area contributed by atoms with Crippen molar-refractivity contribution in [3.05, 3.63) is 84.2 Å². The molecule has 0 aliphatic carbocycles. The van der Waals surface area contributed by atoms with Crippen LogP contribution in [0.5, 0.6) is 5.75 Å². The summed E-state index contributed by atoms with van der Waals surface area (Å²) < 4.78 is 26.7. The number of unbranched alkanes of at least 4 members (excludes halogenated alkanes) is 1. The Morgan fingerprint density at radius 2 is 1.79 bits per heavy atom. The van der Waals surface area contributed by atoms with Gasteiger partial charge in [-0.05, 0) is 61.4 Å². The molecule has 4 rings (SSSR count). The van der Waals surface area contributed by atoms with Gasteiger partial charge in [-0.15, -0.1) is 0 Å². The van der Waals surface area contributed by atoms with Gasteiger partial charge in [0.2, 0.25) is 0 Å². The van der Waals surface area contributed by atoms with Gasteiger partial charge in [-0.3, -0.25) is 9.59 Å². The molecule has 3 aromatic carbocycles. The fourth-order valence-electron chi connectivity index (χ4n) is 4.28. The van der Waals surface area contributed by atoms with E-state index >= 15 is 0 Å². The minimum atomic E-state index is -0.900. The minimum absolute atomic E-state index is 0.00909. The van der Waals surface area contributed by atoms with Crippen LogP contribution in [0.15, 0.2) is 77.2 Å². The summed E-state index contributed by atoms with van der Waals surface area (Å²) in [6.45, 7) is 2.47. The van der Waals surface area contributed by atoms with Gasteiger partial charge in [0.25, 0.3) is 0 Å². The van der Waals surface area contributed by atoms with Gasteiger partial charge in [0.15, 0.2) is 5.78 Å². The van der Waals surface area contributed by atoms with E-state index in [4.69, 9.17) is 14.3 Å². The standard InChI is InChI=1S/C31H32FNO5/c1-2-3-8-24(33-23-14-12-21(13-15-23)28(34)9-6-11-31(35)36)20-37-25-16-17-26(27(32)19-25)30-18-22-7-4-5-10-29(22)38-30/h4-5,7,10,12-19,24,33H,2-3,6,8-9,11,20H2,1H3,(H,35,36)/t24-/m0/s1. The third-order valence-corrected chi connectivity index (χ3v) is 6.36. The van der Waals surface area contributed by atoms with Crippen LogP contribution in [0, 0.1) is 5.82 Å². The molecular formula is C31H32FNO5. The molecule has 38 heavy (non-hydrogen) atoms. The highest BCUT2D eigenvalue weighted by molar-refractivity contribution is 5.96. The molecule has 198 valence electrons. The number of benzene rings is 3. The smallest absolute Gasteiger partial charge is 0.303 e. The van der Waals surface area contributed by atoms with Gasteiger partial charge in [-0.1, -0.05) is 38.0 Å². The van der Waals surface area contributed by atoms with E-state index in [2.05, 4.69) is 12.2 Å². The number of anilines is 1. The zero-order valence-electron chi connectivity index (χ0n) is 21.4. The first-order valence-electron chi connectivity index (χ1n) is 13.0. The number of fused-ring (bicyclic) bond motifs is 1. The van der Waals surface area contributed by atoms with Crippen LogP contribution in [0.3, 0.4) is 0 Å². The number of carboxylic acids is 1. The van der Waals surface area contributed by atoms with E-state index in [-0.39, 0.29) is 24.7 Å². The van der Waals surface area contributed by atoms with E-state index < -0.39 is 11.8 Å². The van der Waals surface area contributed by atoms with Gasteiger partial charge in [0, 0.05) is 35.5 Å². The van der Waals surface area contributed by atoms with Crippen molar-refractivity contribution in [3.63, 3.8) is 0 Å². The molecule has 2 N–H and O–H groups in total. The molecule has 0 radical (unpaired) electrons. The third-order valence-electron chi connectivity index (χ3n) is 6.36. The lowest BCUT2D eigenvalue weighted by Gasteiger charge is -2.21. The molecule has 1 aromatic heterocycles. The number of halogens is 1. The second-order valence-corrected chi connectivity index (χ2v) is 9.33. The highest BCUT2D eigenvalue weighted by Gasteiger charge is 2.14. The Kier molecular flexibility index (Phi) is 9.14. The predicted octanol–water partition coefficient (Wildman–Crippen LogP) is 7.73. The first kappa shape index (κ1) is 26.9. The second-order valence-electron chi connectivity index (χ2n) is 9.33. The van der Waals surface area contributed by atoms with E-state index in [9.17, 15) is 14.0 Å². The van der Waals surface area contributed by atoms with E-state index in [1.165, 1.54) is 6.07 Å². The summed E-state index contributed by atoms with van der Waals surface area (Å²) in [7, 11) is 0. The van der Waals surface area contributed by atoms with Crippen LogP contribution in [0.25, 0.3) is 22.3 Å². The van der Waals surface area contributed by atoms with Crippen molar-refractivity contribution < 1.29 is 28.2 Å². The monoisotopic (exact) mass is 517 g/mol. The summed E-state index contributed by atoms with van der Waals surface area (Å²) in [5, 5.41) is 13.1. The van der Waals surface area contributed by atoms with E-state index in [0.29, 0.717) is 41.2 Å². The summed E-state index contributed by atoms with van der Waals surface area (Å²) in [4.78, 5) is 22.9. The Hall–Kier alpha value is -4.13. The second kappa shape index (κ2) is 12.9. The van der Waals surface area contributed by atoms with Crippen molar-refractivity contribution >= 4 is 28.4 Å². The topological polar surface area (TPSA) is 88.8 Å². The number of hydrogen-bond acceptors (Lipinski definition) is 5. The quantitative estimate of drug-likeness (QED) is 0.166. The molecule has 0 bridgehead atoms. The average Bonchev–Trinajstić information content (AvgIpc) is 3.34. The largest absolute Gasteiger partial charge is 0.491 e. The number of Topliss-reactive ketones (excluding diaryl/α,β-unsaturated/α-hetero) is 1. The number of carboxylic acid groups (broad SMARTS) is 1. The molecule has 0 spiro atoms. The van der Waals surface area contributed by atoms with Crippen LogP contribution in [0.4, 0.5) is 10.1 Å². The minimum Gasteiger partial charge on any atom is -0.491 e.